The van der Waals surface area contributed by atoms with Gasteiger partial charge >= 0.3 is 0 Å². The maximum Gasteiger partial charge on any atom is 0.221 e. The second-order valence-corrected chi connectivity index (χ2v) is 4.22. The molecule has 0 heterocycles. The lowest BCUT2D eigenvalue weighted by Gasteiger charge is -2.27. The fourth-order valence-electron chi connectivity index (χ4n) is 1.49. The van der Waals surface area contributed by atoms with E-state index < -0.39 is 5.54 Å². The Morgan fingerprint density at radius 2 is 2.12 bits per heavy atom. The molecule has 0 aliphatic heterocycles. The number of hydrogen-bond donors (Lipinski definition) is 2. The zero-order chi connectivity index (χ0) is 12.2. The first-order valence-electron chi connectivity index (χ1n) is 5.23. The second kappa shape index (κ2) is 6.57. The van der Waals surface area contributed by atoms with Crippen molar-refractivity contribution in [2.45, 2.75) is 25.8 Å². The van der Waals surface area contributed by atoms with E-state index in [2.05, 4.69) is 5.32 Å². The SMILES string of the molecule is CC(C)(NC(=O)CCN)c1cccc(F)c1.Cl. The van der Waals surface area contributed by atoms with E-state index in [4.69, 9.17) is 5.73 Å². The van der Waals surface area contributed by atoms with Crippen LogP contribution in [0.4, 0.5) is 4.39 Å². The largest absolute Gasteiger partial charge is 0.347 e. The summed E-state index contributed by atoms with van der Waals surface area (Å²) in [7, 11) is 0. The monoisotopic (exact) mass is 260 g/mol. The van der Waals surface area contributed by atoms with Crippen LogP contribution in [0.5, 0.6) is 0 Å². The maximum absolute atomic E-state index is 13.1. The van der Waals surface area contributed by atoms with Crippen molar-refractivity contribution in [1.82, 2.24) is 5.32 Å². The van der Waals surface area contributed by atoms with Crippen LogP contribution in [0, 0.1) is 5.82 Å². The third-order valence-electron chi connectivity index (χ3n) is 2.37. The van der Waals surface area contributed by atoms with E-state index in [0.717, 1.165) is 5.56 Å². The molecule has 0 aliphatic rings. The third kappa shape index (κ3) is 4.71. The Labute approximate surface area is 107 Å². The molecule has 3 N–H and O–H groups in total. The van der Waals surface area contributed by atoms with Crippen LogP contribution in [-0.4, -0.2) is 12.5 Å². The molecule has 0 aromatic heterocycles. The van der Waals surface area contributed by atoms with E-state index in [1.54, 1.807) is 12.1 Å². The molecule has 1 aromatic rings. The van der Waals surface area contributed by atoms with Gasteiger partial charge in [-0.3, -0.25) is 4.79 Å². The van der Waals surface area contributed by atoms with Crippen LogP contribution >= 0.6 is 12.4 Å². The van der Waals surface area contributed by atoms with Gasteiger partial charge in [0.05, 0.1) is 5.54 Å². The number of halogens is 2. The summed E-state index contributed by atoms with van der Waals surface area (Å²) in [6.07, 6.45) is 0.277. The van der Waals surface area contributed by atoms with E-state index in [1.807, 2.05) is 13.8 Å². The van der Waals surface area contributed by atoms with Gasteiger partial charge in [-0.25, -0.2) is 4.39 Å². The third-order valence-corrected chi connectivity index (χ3v) is 2.37. The predicted molar refractivity (Wildman–Crippen MR) is 68.5 cm³/mol. The van der Waals surface area contributed by atoms with Gasteiger partial charge in [0.15, 0.2) is 0 Å². The van der Waals surface area contributed by atoms with Crippen molar-refractivity contribution in [2.24, 2.45) is 5.73 Å². The highest BCUT2D eigenvalue weighted by Crippen LogP contribution is 2.20. The number of carbonyl (C=O) groups is 1. The number of nitrogens with two attached hydrogens (primary N) is 1. The maximum atomic E-state index is 13.1. The molecule has 0 unspecified atom stereocenters. The number of carbonyl (C=O) groups excluding carboxylic acids is 1. The minimum absolute atomic E-state index is 0. The molecule has 1 rings (SSSR count). The fourth-order valence-corrected chi connectivity index (χ4v) is 1.49. The van der Waals surface area contributed by atoms with Gasteiger partial charge in [-0.15, -0.1) is 12.4 Å². The molecule has 0 fully saturated rings. The summed E-state index contributed by atoms with van der Waals surface area (Å²) < 4.78 is 13.1. The fraction of sp³-hybridized carbons (Fsp3) is 0.417. The number of rotatable bonds is 4. The van der Waals surface area contributed by atoms with Gasteiger partial charge in [-0.05, 0) is 31.5 Å². The topological polar surface area (TPSA) is 55.1 Å². The van der Waals surface area contributed by atoms with Gasteiger partial charge in [-0.1, -0.05) is 12.1 Å². The molecule has 0 saturated heterocycles. The molecule has 96 valence electrons. The van der Waals surface area contributed by atoms with Crippen molar-refractivity contribution in [3.05, 3.63) is 35.6 Å². The van der Waals surface area contributed by atoms with Gasteiger partial charge in [0.2, 0.25) is 5.91 Å². The Morgan fingerprint density at radius 1 is 1.47 bits per heavy atom. The predicted octanol–water partition coefficient (Wildman–Crippen LogP) is 1.95. The van der Waals surface area contributed by atoms with Crippen LogP contribution in [0.3, 0.4) is 0 Å². The standard InChI is InChI=1S/C12H17FN2O.ClH/c1-12(2,15-11(16)6-7-14)9-4-3-5-10(13)8-9;/h3-5,8H,6-7,14H2,1-2H3,(H,15,16);1H. The smallest absolute Gasteiger partial charge is 0.221 e. The first-order valence-corrected chi connectivity index (χ1v) is 5.23. The molecule has 0 saturated carbocycles. The highest BCUT2D eigenvalue weighted by Gasteiger charge is 2.22. The molecule has 5 heteroatoms. The minimum atomic E-state index is -0.589. The molecule has 0 spiro atoms. The van der Waals surface area contributed by atoms with Crippen LogP contribution in [-0.2, 0) is 10.3 Å². The van der Waals surface area contributed by atoms with Gasteiger partial charge in [0.25, 0.3) is 0 Å². The highest BCUT2D eigenvalue weighted by atomic mass is 35.5. The average Bonchev–Trinajstić information content (AvgIpc) is 2.17. The molecule has 1 aromatic carbocycles. The Balaban J connectivity index is 0.00000256. The summed E-state index contributed by atoms with van der Waals surface area (Å²) in [5.41, 5.74) is 5.44. The molecule has 0 aliphatic carbocycles. The lowest BCUT2D eigenvalue weighted by atomic mass is 9.94. The van der Waals surface area contributed by atoms with Crippen molar-refractivity contribution < 1.29 is 9.18 Å². The Kier molecular flexibility index (Phi) is 6.13. The van der Waals surface area contributed by atoms with Crippen molar-refractivity contribution in [1.29, 1.82) is 0 Å². The first-order chi connectivity index (χ1) is 7.45. The van der Waals surface area contributed by atoms with Crippen LogP contribution in [0.25, 0.3) is 0 Å². The molecule has 3 nitrogen and oxygen atoms in total. The van der Waals surface area contributed by atoms with Crippen LogP contribution in [0.2, 0.25) is 0 Å². The zero-order valence-electron chi connectivity index (χ0n) is 10.00. The van der Waals surface area contributed by atoms with E-state index in [9.17, 15) is 9.18 Å². The molecule has 0 radical (unpaired) electrons. The van der Waals surface area contributed by atoms with Crippen molar-refractivity contribution in [3.63, 3.8) is 0 Å². The van der Waals surface area contributed by atoms with E-state index >= 15 is 0 Å². The summed E-state index contributed by atoms with van der Waals surface area (Å²) in [6, 6.07) is 6.21. The van der Waals surface area contributed by atoms with Crippen molar-refractivity contribution in [3.8, 4) is 0 Å². The normalized spacial score (nSPS) is 10.6. The highest BCUT2D eigenvalue weighted by molar-refractivity contribution is 5.85. The van der Waals surface area contributed by atoms with Gasteiger partial charge in [0.1, 0.15) is 5.82 Å². The first kappa shape index (κ1) is 15.9. The molecule has 0 bridgehead atoms. The lowest BCUT2D eigenvalue weighted by Crippen LogP contribution is -2.41. The van der Waals surface area contributed by atoms with E-state index in [1.165, 1.54) is 12.1 Å². The molecule has 1 amide bonds. The summed E-state index contributed by atoms with van der Waals surface area (Å²) >= 11 is 0. The summed E-state index contributed by atoms with van der Waals surface area (Å²) in [5.74, 6) is -0.435. The van der Waals surface area contributed by atoms with Crippen LogP contribution in [0.15, 0.2) is 24.3 Å². The average molecular weight is 261 g/mol. The lowest BCUT2D eigenvalue weighted by molar-refractivity contribution is -0.122. The number of hydrogen-bond acceptors (Lipinski definition) is 2. The summed E-state index contributed by atoms with van der Waals surface area (Å²) in [5, 5.41) is 2.82. The van der Waals surface area contributed by atoms with Crippen molar-refractivity contribution in [2.75, 3.05) is 6.54 Å². The van der Waals surface area contributed by atoms with Gasteiger partial charge in [0, 0.05) is 13.0 Å². The van der Waals surface area contributed by atoms with Gasteiger partial charge in [-0.2, -0.15) is 0 Å². The summed E-state index contributed by atoms with van der Waals surface area (Å²) in [4.78, 5) is 11.4. The molecular weight excluding hydrogens is 243 g/mol. The quantitative estimate of drug-likeness (QED) is 0.869. The van der Waals surface area contributed by atoms with Crippen molar-refractivity contribution >= 4 is 18.3 Å². The molecule has 17 heavy (non-hydrogen) atoms. The molecular formula is C12H18ClFN2O. The van der Waals surface area contributed by atoms with E-state index in [-0.39, 0.29) is 30.6 Å². The molecule has 0 atom stereocenters. The number of amides is 1. The number of nitrogens with one attached hydrogen (secondary N) is 1. The second-order valence-electron chi connectivity index (χ2n) is 4.22. The summed E-state index contributed by atoms with van der Waals surface area (Å²) in [6.45, 7) is 3.97. The Hall–Kier alpha value is -1.13. The van der Waals surface area contributed by atoms with E-state index in [0.29, 0.717) is 6.54 Å². The minimum Gasteiger partial charge on any atom is -0.347 e. The number of benzene rings is 1. The van der Waals surface area contributed by atoms with Crippen LogP contribution < -0.4 is 11.1 Å². The zero-order valence-corrected chi connectivity index (χ0v) is 10.8. The Morgan fingerprint density at radius 3 is 2.65 bits per heavy atom. The van der Waals surface area contributed by atoms with Crippen LogP contribution in [0.1, 0.15) is 25.8 Å². The van der Waals surface area contributed by atoms with Gasteiger partial charge < -0.3 is 11.1 Å². The Bertz CT molecular complexity index is 383.